The van der Waals surface area contributed by atoms with Crippen LogP contribution in [0.3, 0.4) is 0 Å². The Morgan fingerprint density at radius 3 is 2.56 bits per heavy atom. The Kier molecular flexibility index (Phi) is 4.93. The fourth-order valence-corrected chi connectivity index (χ4v) is 3.30. The van der Waals surface area contributed by atoms with Crippen LogP contribution in [-0.2, 0) is 13.5 Å². The molecule has 0 fully saturated rings. The van der Waals surface area contributed by atoms with E-state index >= 15 is 0 Å². The van der Waals surface area contributed by atoms with Gasteiger partial charge in [0.05, 0.1) is 0 Å². The molecule has 1 heterocycles. The van der Waals surface area contributed by atoms with Crippen LogP contribution in [0.2, 0.25) is 0 Å². The highest BCUT2D eigenvalue weighted by atomic mass is 16.1. The molecule has 1 unspecified atom stereocenters. The lowest BCUT2D eigenvalue weighted by atomic mass is 10.1. The van der Waals surface area contributed by atoms with Crippen molar-refractivity contribution in [2.45, 2.75) is 39.7 Å². The fraction of sp³-hybridized carbons (Fsp3) is 0.318. The second-order valence-electron chi connectivity index (χ2n) is 6.90. The zero-order valence-corrected chi connectivity index (χ0v) is 15.5. The van der Waals surface area contributed by atoms with Gasteiger partial charge in [0.15, 0.2) is 0 Å². The Bertz CT molecular complexity index is 893. The first kappa shape index (κ1) is 17.3. The summed E-state index contributed by atoms with van der Waals surface area (Å²) >= 11 is 0. The van der Waals surface area contributed by atoms with Gasteiger partial charge in [-0.3, -0.25) is 4.79 Å². The Balaban J connectivity index is 1.68. The van der Waals surface area contributed by atoms with E-state index in [1.807, 2.05) is 24.3 Å². The molecule has 130 valence electrons. The third kappa shape index (κ3) is 3.60. The van der Waals surface area contributed by atoms with Crippen molar-refractivity contribution in [3.8, 4) is 0 Å². The molecule has 1 N–H and O–H groups in total. The minimum absolute atomic E-state index is 0.00312. The number of aromatic nitrogens is 1. The van der Waals surface area contributed by atoms with Crippen LogP contribution in [0, 0.1) is 13.8 Å². The van der Waals surface area contributed by atoms with Crippen LogP contribution in [0.4, 0.5) is 0 Å². The van der Waals surface area contributed by atoms with Gasteiger partial charge in [0, 0.05) is 35.2 Å². The van der Waals surface area contributed by atoms with Gasteiger partial charge >= 0.3 is 0 Å². The molecule has 1 amide bonds. The van der Waals surface area contributed by atoms with Crippen molar-refractivity contribution in [3.63, 3.8) is 0 Å². The number of hydrogen-bond donors (Lipinski definition) is 1. The SMILES string of the molecule is Cc1c(C)n(C)c2ccc(C(=O)NC(C)CCc3ccccc3)cc12. The fourth-order valence-electron chi connectivity index (χ4n) is 3.30. The van der Waals surface area contributed by atoms with E-state index in [-0.39, 0.29) is 11.9 Å². The molecular formula is C22H26N2O. The number of benzene rings is 2. The van der Waals surface area contributed by atoms with Gasteiger partial charge in [0.25, 0.3) is 5.91 Å². The first-order valence-corrected chi connectivity index (χ1v) is 8.88. The molecule has 0 aliphatic rings. The molecule has 1 atom stereocenters. The third-order valence-electron chi connectivity index (χ3n) is 5.16. The molecule has 0 radical (unpaired) electrons. The third-order valence-corrected chi connectivity index (χ3v) is 5.16. The van der Waals surface area contributed by atoms with Crippen molar-refractivity contribution in [2.24, 2.45) is 7.05 Å². The summed E-state index contributed by atoms with van der Waals surface area (Å²) in [6, 6.07) is 16.5. The van der Waals surface area contributed by atoms with E-state index in [2.05, 4.69) is 62.0 Å². The number of nitrogens with one attached hydrogen (secondary N) is 1. The quantitative estimate of drug-likeness (QED) is 0.730. The molecule has 0 aliphatic heterocycles. The average Bonchev–Trinajstić information content (AvgIpc) is 2.85. The van der Waals surface area contributed by atoms with Gasteiger partial charge in [-0.2, -0.15) is 0 Å². The van der Waals surface area contributed by atoms with E-state index in [9.17, 15) is 4.79 Å². The van der Waals surface area contributed by atoms with E-state index < -0.39 is 0 Å². The molecular weight excluding hydrogens is 308 g/mol. The van der Waals surface area contributed by atoms with E-state index in [4.69, 9.17) is 0 Å². The molecule has 3 rings (SSSR count). The number of carbonyl (C=O) groups excluding carboxylic acids is 1. The van der Waals surface area contributed by atoms with Gasteiger partial charge in [-0.15, -0.1) is 0 Å². The summed E-state index contributed by atoms with van der Waals surface area (Å²) in [4.78, 5) is 12.6. The lowest BCUT2D eigenvalue weighted by Crippen LogP contribution is -2.32. The molecule has 3 aromatic rings. The smallest absolute Gasteiger partial charge is 0.251 e. The number of rotatable bonds is 5. The summed E-state index contributed by atoms with van der Waals surface area (Å²) < 4.78 is 2.18. The standard InChI is InChI=1S/C22H26N2O/c1-15(10-11-18-8-6-5-7-9-18)23-22(25)19-12-13-21-20(14-19)16(2)17(3)24(21)4/h5-9,12-15H,10-11H2,1-4H3,(H,23,25). The molecule has 0 spiro atoms. The molecule has 0 aliphatic carbocycles. The second-order valence-corrected chi connectivity index (χ2v) is 6.90. The minimum atomic E-state index is 0.00312. The highest BCUT2D eigenvalue weighted by molar-refractivity contribution is 5.99. The molecule has 0 saturated heterocycles. The number of amides is 1. The maximum Gasteiger partial charge on any atom is 0.251 e. The summed E-state index contributed by atoms with van der Waals surface area (Å²) in [5.74, 6) is 0.00312. The van der Waals surface area contributed by atoms with Gasteiger partial charge in [0.2, 0.25) is 0 Å². The molecule has 1 aromatic heterocycles. The van der Waals surface area contributed by atoms with Gasteiger partial charge in [-0.1, -0.05) is 30.3 Å². The topological polar surface area (TPSA) is 34.0 Å². The van der Waals surface area contributed by atoms with Crippen LogP contribution in [0.1, 0.15) is 40.5 Å². The molecule has 3 nitrogen and oxygen atoms in total. The number of fused-ring (bicyclic) bond motifs is 1. The summed E-state index contributed by atoms with van der Waals surface area (Å²) in [6.45, 7) is 6.29. The van der Waals surface area contributed by atoms with Crippen LogP contribution in [-0.4, -0.2) is 16.5 Å². The molecule has 0 saturated carbocycles. The Hall–Kier alpha value is -2.55. The minimum Gasteiger partial charge on any atom is -0.350 e. The lowest BCUT2D eigenvalue weighted by Gasteiger charge is -2.14. The van der Waals surface area contributed by atoms with Crippen molar-refractivity contribution >= 4 is 16.8 Å². The summed E-state index contributed by atoms with van der Waals surface area (Å²) in [5.41, 5.74) is 5.69. The molecule has 3 heteroatoms. The van der Waals surface area contributed by atoms with Crippen molar-refractivity contribution in [1.82, 2.24) is 9.88 Å². The van der Waals surface area contributed by atoms with Gasteiger partial charge < -0.3 is 9.88 Å². The first-order chi connectivity index (χ1) is 12.0. The van der Waals surface area contributed by atoms with Gasteiger partial charge in [0.1, 0.15) is 0 Å². The monoisotopic (exact) mass is 334 g/mol. The number of nitrogens with zero attached hydrogens (tertiary/aromatic N) is 1. The predicted octanol–water partition coefficient (Wildman–Crippen LogP) is 4.55. The number of aryl methyl sites for hydroxylation is 3. The molecule has 25 heavy (non-hydrogen) atoms. The van der Waals surface area contributed by atoms with E-state index in [0.29, 0.717) is 0 Å². The van der Waals surface area contributed by atoms with Crippen molar-refractivity contribution in [3.05, 3.63) is 70.9 Å². The Morgan fingerprint density at radius 1 is 1.12 bits per heavy atom. The van der Waals surface area contributed by atoms with Crippen LogP contribution in [0.25, 0.3) is 10.9 Å². The normalized spacial score (nSPS) is 12.3. The lowest BCUT2D eigenvalue weighted by molar-refractivity contribution is 0.0938. The van der Waals surface area contributed by atoms with Gasteiger partial charge in [-0.05, 0) is 62.9 Å². The average molecular weight is 334 g/mol. The van der Waals surface area contributed by atoms with Crippen LogP contribution in [0.15, 0.2) is 48.5 Å². The van der Waals surface area contributed by atoms with Crippen molar-refractivity contribution in [1.29, 1.82) is 0 Å². The molecule has 2 aromatic carbocycles. The Labute approximate surface area is 149 Å². The summed E-state index contributed by atoms with van der Waals surface area (Å²) in [7, 11) is 2.07. The van der Waals surface area contributed by atoms with E-state index in [0.717, 1.165) is 23.8 Å². The van der Waals surface area contributed by atoms with Crippen LogP contribution < -0.4 is 5.32 Å². The van der Waals surface area contributed by atoms with Crippen LogP contribution >= 0.6 is 0 Å². The number of carbonyl (C=O) groups is 1. The Morgan fingerprint density at radius 2 is 1.84 bits per heavy atom. The van der Waals surface area contributed by atoms with Crippen molar-refractivity contribution < 1.29 is 4.79 Å². The second kappa shape index (κ2) is 7.14. The predicted molar refractivity (Wildman–Crippen MR) is 104 cm³/mol. The first-order valence-electron chi connectivity index (χ1n) is 8.88. The highest BCUT2D eigenvalue weighted by Crippen LogP contribution is 2.25. The van der Waals surface area contributed by atoms with Gasteiger partial charge in [-0.25, -0.2) is 0 Å². The number of hydrogen-bond acceptors (Lipinski definition) is 1. The zero-order chi connectivity index (χ0) is 18.0. The maximum atomic E-state index is 12.6. The van der Waals surface area contributed by atoms with E-state index in [1.165, 1.54) is 22.3 Å². The van der Waals surface area contributed by atoms with Crippen molar-refractivity contribution in [2.75, 3.05) is 0 Å². The maximum absolute atomic E-state index is 12.6. The summed E-state index contributed by atoms with van der Waals surface area (Å²) in [6.07, 6.45) is 1.90. The largest absolute Gasteiger partial charge is 0.350 e. The summed E-state index contributed by atoms with van der Waals surface area (Å²) in [5, 5.41) is 4.28. The zero-order valence-electron chi connectivity index (χ0n) is 15.5. The van der Waals surface area contributed by atoms with E-state index in [1.54, 1.807) is 0 Å². The van der Waals surface area contributed by atoms with Crippen LogP contribution in [0.5, 0.6) is 0 Å². The highest BCUT2D eigenvalue weighted by Gasteiger charge is 2.14. The molecule has 0 bridgehead atoms.